The Morgan fingerprint density at radius 1 is 1.52 bits per heavy atom. The molecule has 0 saturated carbocycles. The Morgan fingerprint density at radius 3 is 2.76 bits per heavy atom. The summed E-state index contributed by atoms with van der Waals surface area (Å²) >= 11 is 0. The SMILES string of the molecule is CC1(C)CN(C(=O)Cc2cc(=O)[nH]c(N)n2)CC[C@]1(C)O. The second-order valence-corrected chi connectivity index (χ2v) is 6.52. The fourth-order valence-corrected chi connectivity index (χ4v) is 2.52. The number of nitrogens with zero attached hydrogens (tertiary/aromatic N) is 2. The molecule has 0 bridgehead atoms. The maximum absolute atomic E-state index is 12.3. The smallest absolute Gasteiger partial charge is 0.252 e. The maximum Gasteiger partial charge on any atom is 0.252 e. The number of aromatic nitrogens is 2. The molecule has 0 radical (unpaired) electrons. The van der Waals surface area contributed by atoms with Gasteiger partial charge in [0, 0.05) is 24.6 Å². The number of H-pyrrole nitrogens is 1. The molecule has 0 spiro atoms. The quantitative estimate of drug-likeness (QED) is 0.705. The van der Waals surface area contributed by atoms with Crippen molar-refractivity contribution in [2.45, 2.75) is 39.2 Å². The van der Waals surface area contributed by atoms with Crippen LogP contribution in [0.5, 0.6) is 0 Å². The van der Waals surface area contributed by atoms with E-state index in [2.05, 4.69) is 9.97 Å². The number of anilines is 1. The summed E-state index contributed by atoms with van der Waals surface area (Å²) in [4.78, 5) is 31.7. The van der Waals surface area contributed by atoms with Crippen molar-refractivity contribution in [3.8, 4) is 0 Å². The molecule has 2 heterocycles. The van der Waals surface area contributed by atoms with Crippen molar-refractivity contribution >= 4 is 11.9 Å². The van der Waals surface area contributed by atoms with Crippen LogP contribution in [0.1, 0.15) is 32.9 Å². The highest BCUT2D eigenvalue weighted by atomic mass is 16.3. The number of amides is 1. The molecule has 0 unspecified atom stereocenters. The van der Waals surface area contributed by atoms with Crippen LogP contribution < -0.4 is 11.3 Å². The summed E-state index contributed by atoms with van der Waals surface area (Å²) in [5, 5.41) is 10.4. The standard InChI is InChI=1S/C14H22N4O3/c1-13(2)8-18(5-4-14(13,3)21)11(20)7-9-6-10(19)17-12(15)16-9/h6,21H,4-5,7-8H2,1-3H3,(H3,15,16,17,19)/t14-/m0/s1. The number of aliphatic hydroxyl groups is 1. The van der Waals surface area contributed by atoms with Crippen LogP contribution in [0.4, 0.5) is 5.95 Å². The maximum atomic E-state index is 12.3. The van der Waals surface area contributed by atoms with Gasteiger partial charge >= 0.3 is 0 Å². The molecule has 0 aromatic carbocycles. The van der Waals surface area contributed by atoms with E-state index in [4.69, 9.17) is 5.73 Å². The van der Waals surface area contributed by atoms with Crippen LogP contribution in [0.25, 0.3) is 0 Å². The van der Waals surface area contributed by atoms with Crippen molar-refractivity contribution in [2.24, 2.45) is 5.41 Å². The van der Waals surface area contributed by atoms with E-state index in [0.717, 1.165) is 0 Å². The first-order valence-electron chi connectivity index (χ1n) is 6.97. The van der Waals surface area contributed by atoms with Gasteiger partial charge in [-0.15, -0.1) is 0 Å². The van der Waals surface area contributed by atoms with Crippen molar-refractivity contribution in [1.29, 1.82) is 0 Å². The fraction of sp³-hybridized carbons (Fsp3) is 0.643. The van der Waals surface area contributed by atoms with E-state index < -0.39 is 5.60 Å². The Morgan fingerprint density at radius 2 is 2.19 bits per heavy atom. The van der Waals surface area contributed by atoms with Gasteiger partial charge in [-0.1, -0.05) is 13.8 Å². The largest absolute Gasteiger partial charge is 0.389 e. The predicted octanol–water partition coefficient (Wildman–Crippen LogP) is -0.0959. The molecular weight excluding hydrogens is 272 g/mol. The highest BCUT2D eigenvalue weighted by Gasteiger charge is 2.44. The van der Waals surface area contributed by atoms with Gasteiger partial charge in [-0.3, -0.25) is 14.6 Å². The van der Waals surface area contributed by atoms with E-state index in [-0.39, 0.29) is 29.3 Å². The van der Waals surface area contributed by atoms with Gasteiger partial charge in [0.05, 0.1) is 17.7 Å². The number of aromatic amines is 1. The third-order valence-electron chi connectivity index (χ3n) is 4.41. The number of carbonyl (C=O) groups is 1. The summed E-state index contributed by atoms with van der Waals surface area (Å²) in [5.74, 6) is -0.108. The van der Waals surface area contributed by atoms with Crippen molar-refractivity contribution in [3.05, 3.63) is 22.1 Å². The number of hydrogen-bond acceptors (Lipinski definition) is 5. The number of carbonyl (C=O) groups excluding carboxylic acids is 1. The Hall–Kier alpha value is -1.89. The van der Waals surface area contributed by atoms with Crippen LogP contribution in [0, 0.1) is 5.41 Å². The highest BCUT2D eigenvalue weighted by molar-refractivity contribution is 5.78. The number of rotatable bonds is 2. The molecule has 1 aromatic rings. The minimum Gasteiger partial charge on any atom is -0.389 e. The molecule has 1 amide bonds. The third kappa shape index (κ3) is 3.24. The lowest BCUT2D eigenvalue weighted by atomic mass is 9.71. The van der Waals surface area contributed by atoms with E-state index in [1.807, 2.05) is 13.8 Å². The number of piperidine rings is 1. The number of nitrogens with two attached hydrogens (primary N) is 1. The number of hydrogen-bond donors (Lipinski definition) is 3. The van der Waals surface area contributed by atoms with E-state index >= 15 is 0 Å². The lowest BCUT2D eigenvalue weighted by Gasteiger charge is -2.48. The zero-order valence-electron chi connectivity index (χ0n) is 12.6. The Balaban J connectivity index is 2.09. The Bertz CT molecular complexity index is 606. The van der Waals surface area contributed by atoms with Gasteiger partial charge in [-0.25, -0.2) is 4.98 Å². The van der Waals surface area contributed by atoms with E-state index in [9.17, 15) is 14.7 Å². The predicted molar refractivity (Wildman–Crippen MR) is 78.6 cm³/mol. The molecule has 7 nitrogen and oxygen atoms in total. The second kappa shape index (κ2) is 5.14. The van der Waals surface area contributed by atoms with Crippen molar-refractivity contribution in [3.63, 3.8) is 0 Å². The lowest BCUT2D eigenvalue weighted by molar-refractivity contribution is -0.146. The number of nitrogens with one attached hydrogen (secondary N) is 1. The van der Waals surface area contributed by atoms with Crippen LogP contribution in [-0.4, -0.2) is 44.6 Å². The molecule has 7 heteroatoms. The Kier molecular flexibility index (Phi) is 3.79. The van der Waals surface area contributed by atoms with Gasteiger partial charge in [-0.2, -0.15) is 0 Å². The first-order chi connectivity index (χ1) is 9.60. The van der Waals surface area contributed by atoms with Crippen LogP contribution in [0.15, 0.2) is 10.9 Å². The molecule has 1 aromatic heterocycles. The molecule has 1 fully saturated rings. The average molecular weight is 294 g/mol. The van der Waals surface area contributed by atoms with Gasteiger partial charge < -0.3 is 15.7 Å². The fourth-order valence-electron chi connectivity index (χ4n) is 2.52. The first-order valence-corrected chi connectivity index (χ1v) is 6.97. The highest BCUT2D eigenvalue weighted by Crippen LogP contribution is 2.38. The molecule has 4 N–H and O–H groups in total. The molecular formula is C14H22N4O3. The minimum absolute atomic E-state index is 0.00667. The van der Waals surface area contributed by atoms with Crippen molar-refractivity contribution in [2.75, 3.05) is 18.8 Å². The monoisotopic (exact) mass is 294 g/mol. The first kappa shape index (κ1) is 15.5. The topological polar surface area (TPSA) is 112 Å². The summed E-state index contributed by atoms with van der Waals surface area (Å²) < 4.78 is 0. The van der Waals surface area contributed by atoms with Gasteiger partial charge in [0.1, 0.15) is 0 Å². The molecule has 1 aliphatic heterocycles. The Labute approximate surface area is 123 Å². The average Bonchev–Trinajstić information content (AvgIpc) is 2.31. The van der Waals surface area contributed by atoms with Crippen LogP contribution in [0.3, 0.4) is 0 Å². The normalized spacial score (nSPS) is 24.9. The molecule has 1 atom stereocenters. The van der Waals surface area contributed by atoms with Gasteiger partial charge in [0.2, 0.25) is 11.9 Å². The van der Waals surface area contributed by atoms with E-state index in [1.54, 1.807) is 11.8 Å². The zero-order chi connectivity index (χ0) is 15.8. The molecule has 2 rings (SSSR count). The van der Waals surface area contributed by atoms with Crippen LogP contribution in [-0.2, 0) is 11.2 Å². The number of nitrogen functional groups attached to an aromatic ring is 1. The van der Waals surface area contributed by atoms with Crippen LogP contribution >= 0.6 is 0 Å². The summed E-state index contributed by atoms with van der Waals surface area (Å²) in [6.45, 7) is 6.64. The summed E-state index contributed by atoms with van der Waals surface area (Å²) in [6.07, 6.45) is 0.559. The van der Waals surface area contributed by atoms with Gasteiger partial charge in [0.15, 0.2) is 0 Å². The summed E-state index contributed by atoms with van der Waals surface area (Å²) in [5.41, 5.74) is 4.27. The lowest BCUT2D eigenvalue weighted by Crippen LogP contribution is -2.57. The molecule has 1 saturated heterocycles. The van der Waals surface area contributed by atoms with Gasteiger partial charge in [-0.05, 0) is 13.3 Å². The third-order valence-corrected chi connectivity index (χ3v) is 4.41. The minimum atomic E-state index is -0.795. The zero-order valence-corrected chi connectivity index (χ0v) is 12.6. The van der Waals surface area contributed by atoms with Crippen molar-refractivity contribution < 1.29 is 9.90 Å². The van der Waals surface area contributed by atoms with E-state index in [0.29, 0.717) is 25.2 Å². The van der Waals surface area contributed by atoms with Gasteiger partial charge in [0.25, 0.3) is 5.56 Å². The molecule has 0 aliphatic carbocycles. The summed E-state index contributed by atoms with van der Waals surface area (Å²) in [6, 6.07) is 1.28. The van der Waals surface area contributed by atoms with E-state index in [1.165, 1.54) is 6.07 Å². The van der Waals surface area contributed by atoms with Crippen LogP contribution in [0.2, 0.25) is 0 Å². The summed E-state index contributed by atoms with van der Waals surface area (Å²) in [7, 11) is 0. The molecule has 21 heavy (non-hydrogen) atoms. The van der Waals surface area contributed by atoms with Crippen molar-refractivity contribution in [1.82, 2.24) is 14.9 Å². The second-order valence-electron chi connectivity index (χ2n) is 6.52. The number of likely N-dealkylation sites (tertiary alicyclic amines) is 1. The molecule has 116 valence electrons. The molecule has 1 aliphatic rings.